The Bertz CT molecular complexity index is 580. The molecule has 100 valence electrons. The summed E-state index contributed by atoms with van der Waals surface area (Å²) in [6, 6.07) is 9.10. The lowest BCUT2D eigenvalue weighted by molar-refractivity contribution is 0.368. The zero-order valence-electron chi connectivity index (χ0n) is 11.1. The lowest BCUT2D eigenvalue weighted by atomic mass is 9.95. The van der Waals surface area contributed by atoms with Gasteiger partial charge in [0.1, 0.15) is 0 Å². The lowest BCUT2D eigenvalue weighted by Crippen LogP contribution is -1.91. The first kappa shape index (κ1) is 13.3. The summed E-state index contributed by atoms with van der Waals surface area (Å²) in [5.41, 5.74) is 4.08. The van der Waals surface area contributed by atoms with Crippen LogP contribution in [0.3, 0.4) is 0 Å². The molecule has 0 aliphatic heterocycles. The van der Waals surface area contributed by atoms with Crippen molar-refractivity contribution in [3.8, 4) is 28.4 Å². The van der Waals surface area contributed by atoms with Crippen LogP contribution in [-0.2, 0) is 12.8 Å². The third kappa shape index (κ3) is 2.50. The first-order valence-electron chi connectivity index (χ1n) is 6.43. The van der Waals surface area contributed by atoms with Gasteiger partial charge in [-0.15, -0.1) is 0 Å². The van der Waals surface area contributed by atoms with Crippen LogP contribution in [0.5, 0.6) is 17.2 Å². The second kappa shape index (κ2) is 5.22. The van der Waals surface area contributed by atoms with Crippen LogP contribution in [0.1, 0.15) is 25.0 Å². The number of aryl methyl sites for hydroxylation is 2. The Balaban J connectivity index is 2.58. The predicted molar refractivity (Wildman–Crippen MR) is 75.6 cm³/mol. The fourth-order valence-electron chi connectivity index (χ4n) is 2.20. The molecule has 3 nitrogen and oxygen atoms in total. The molecule has 3 heteroatoms. The van der Waals surface area contributed by atoms with E-state index in [4.69, 9.17) is 0 Å². The van der Waals surface area contributed by atoms with Crippen molar-refractivity contribution in [2.24, 2.45) is 0 Å². The lowest BCUT2D eigenvalue weighted by Gasteiger charge is -2.12. The van der Waals surface area contributed by atoms with Gasteiger partial charge in [-0.3, -0.25) is 0 Å². The maximum atomic E-state index is 9.60. The van der Waals surface area contributed by atoms with Gasteiger partial charge >= 0.3 is 0 Å². The molecule has 2 aromatic carbocycles. The van der Waals surface area contributed by atoms with Crippen LogP contribution in [0.4, 0.5) is 0 Å². The van der Waals surface area contributed by atoms with Gasteiger partial charge in [-0.05, 0) is 47.2 Å². The first-order valence-corrected chi connectivity index (χ1v) is 6.43. The van der Waals surface area contributed by atoms with Gasteiger partial charge in [-0.1, -0.05) is 32.0 Å². The standard InChI is InChI=1S/C16H18O3/c1-3-10-5-6-13(11(4-2)7-10)12-8-14(17)16(19)15(18)9-12/h5-9,17-19H,3-4H2,1-2H3. The van der Waals surface area contributed by atoms with Gasteiger partial charge in [0.15, 0.2) is 17.2 Å². The fraction of sp³-hybridized carbons (Fsp3) is 0.250. The minimum absolute atomic E-state index is 0.309. The highest BCUT2D eigenvalue weighted by molar-refractivity contribution is 5.73. The van der Waals surface area contributed by atoms with Crippen LogP contribution in [0.15, 0.2) is 30.3 Å². The van der Waals surface area contributed by atoms with Gasteiger partial charge < -0.3 is 15.3 Å². The molecule has 0 bridgehead atoms. The van der Waals surface area contributed by atoms with E-state index in [0.29, 0.717) is 5.56 Å². The van der Waals surface area contributed by atoms with Crippen molar-refractivity contribution in [3.05, 3.63) is 41.5 Å². The molecule has 0 atom stereocenters. The van der Waals surface area contributed by atoms with Crippen molar-refractivity contribution < 1.29 is 15.3 Å². The molecule has 0 aliphatic carbocycles. The molecular weight excluding hydrogens is 240 g/mol. The number of phenolic OH excluding ortho intramolecular Hbond substituents is 3. The second-order valence-electron chi connectivity index (χ2n) is 4.56. The van der Waals surface area contributed by atoms with Crippen LogP contribution in [-0.4, -0.2) is 15.3 Å². The summed E-state index contributed by atoms with van der Waals surface area (Å²) in [5, 5.41) is 28.6. The van der Waals surface area contributed by atoms with E-state index in [2.05, 4.69) is 19.9 Å². The first-order chi connectivity index (χ1) is 9.06. The highest BCUT2D eigenvalue weighted by Gasteiger charge is 2.11. The zero-order valence-corrected chi connectivity index (χ0v) is 11.1. The molecular formula is C16H18O3. The molecule has 0 aromatic heterocycles. The topological polar surface area (TPSA) is 60.7 Å². The summed E-state index contributed by atoms with van der Waals surface area (Å²) in [5.74, 6) is -1.10. The summed E-state index contributed by atoms with van der Waals surface area (Å²) in [7, 11) is 0. The van der Waals surface area contributed by atoms with E-state index < -0.39 is 5.75 Å². The minimum Gasteiger partial charge on any atom is -0.504 e. The third-order valence-electron chi connectivity index (χ3n) is 3.34. The summed E-state index contributed by atoms with van der Waals surface area (Å²) in [6.07, 6.45) is 1.84. The highest BCUT2D eigenvalue weighted by atomic mass is 16.3. The number of benzene rings is 2. The maximum Gasteiger partial charge on any atom is 0.200 e. The van der Waals surface area contributed by atoms with Gasteiger partial charge in [-0.2, -0.15) is 0 Å². The summed E-state index contributed by atoms with van der Waals surface area (Å²) >= 11 is 0. The normalized spacial score (nSPS) is 10.6. The molecule has 0 radical (unpaired) electrons. The van der Waals surface area contributed by atoms with Gasteiger partial charge in [0.2, 0.25) is 0 Å². The van der Waals surface area contributed by atoms with Gasteiger partial charge in [0, 0.05) is 0 Å². The zero-order chi connectivity index (χ0) is 14.0. The average Bonchev–Trinajstić information content (AvgIpc) is 2.43. The third-order valence-corrected chi connectivity index (χ3v) is 3.34. The summed E-state index contributed by atoms with van der Waals surface area (Å²) in [4.78, 5) is 0. The number of aromatic hydroxyl groups is 3. The minimum atomic E-state index is -0.480. The van der Waals surface area contributed by atoms with E-state index in [1.54, 1.807) is 0 Å². The number of rotatable bonds is 3. The molecule has 0 heterocycles. The molecule has 3 N–H and O–H groups in total. The van der Waals surface area contributed by atoms with Crippen molar-refractivity contribution in [2.75, 3.05) is 0 Å². The summed E-state index contributed by atoms with van der Waals surface area (Å²) < 4.78 is 0. The van der Waals surface area contributed by atoms with E-state index in [1.165, 1.54) is 17.7 Å². The van der Waals surface area contributed by atoms with E-state index in [0.717, 1.165) is 24.0 Å². The molecule has 0 unspecified atom stereocenters. The van der Waals surface area contributed by atoms with Crippen molar-refractivity contribution in [1.29, 1.82) is 0 Å². The van der Waals surface area contributed by atoms with Crippen LogP contribution in [0.25, 0.3) is 11.1 Å². The number of phenols is 3. The Morgan fingerprint density at radius 3 is 2.00 bits per heavy atom. The molecule has 0 fully saturated rings. The van der Waals surface area contributed by atoms with Gasteiger partial charge in [-0.25, -0.2) is 0 Å². The van der Waals surface area contributed by atoms with Crippen LogP contribution in [0, 0.1) is 0 Å². The number of hydrogen-bond acceptors (Lipinski definition) is 3. The van der Waals surface area contributed by atoms with Crippen molar-refractivity contribution in [2.45, 2.75) is 26.7 Å². The molecule has 0 spiro atoms. The molecule has 2 rings (SSSR count). The van der Waals surface area contributed by atoms with Gasteiger partial charge in [0.05, 0.1) is 0 Å². The molecule has 0 saturated heterocycles. The quantitative estimate of drug-likeness (QED) is 0.737. The fourth-order valence-corrected chi connectivity index (χ4v) is 2.20. The largest absolute Gasteiger partial charge is 0.504 e. The Labute approximate surface area is 112 Å². The SMILES string of the molecule is CCc1ccc(-c2cc(O)c(O)c(O)c2)c(CC)c1. The monoisotopic (exact) mass is 258 g/mol. The maximum absolute atomic E-state index is 9.60. The Kier molecular flexibility index (Phi) is 3.65. The van der Waals surface area contributed by atoms with E-state index in [9.17, 15) is 15.3 Å². The summed E-state index contributed by atoms with van der Waals surface area (Å²) in [6.45, 7) is 4.17. The van der Waals surface area contributed by atoms with Gasteiger partial charge in [0.25, 0.3) is 0 Å². The molecule has 2 aromatic rings. The van der Waals surface area contributed by atoms with E-state index in [1.807, 2.05) is 12.1 Å². The molecule has 0 aliphatic rings. The van der Waals surface area contributed by atoms with E-state index in [-0.39, 0.29) is 11.5 Å². The Morgan fingerprint density at radius 2 is 1.47 bits per heavy atom. The number of hydrogen-bond donors (Lipinski definition) is 3. The van der Waals surface area contributed by atoms with Crippen LogP contribution in [0.2, 0.25) is 0 Å². The molecule has 0 saturated carbocycles. The van der Waals surface area contributed by atoms with Crippen LogP contribution >= 0.6 is 0 Å². The Hall–Kier alpha value is -2.16. The molecule has 19 heavy (non-hydrogen) atoms. The van der Waals surface area contributed by atoms with Crippen molar-refractivity contribution in [1.82, 2.24) is 0 Å². The van der Waals surface area contributed by atoms with E-state index >= 15 is 0 Å². The van der Waals surface area contributed by atoms with Crippen LogP contribution < -0.4 is 0 Å². The molecule has 0 amide bonds. The average molecular weight is 258 g/mol. The Morgan fingerprint density at radius 1 is 0.842 bits per heavy atom. The second-order valence-corrected chi connectivity index (χ2v) is 4.56. The smallest absolute Gasteiger partial charge is 0.200 e. The van der Waals surface area contributed by atoms with Crippen molar-refractivity contribution >= 4 is 0 Å². The predicted octanol–water partition coefficient (Wildman–Crippen LogP) is 3.60. The van der Waals surface area contributed by atoms with Crippen molar-refractivity contribution in [3.63, 3.8) is 0 Å². The highest BCUT2D eigenvalue weighted by Crippen LogP contribution is 2.39.